The molecule has 0 spiro atoms. The van der Waals surface area contributed by atoms with Crippen molar-refractivity contribution in [2.75, 3.05) is 13.1 Å². The van der Waals surface area contributed by atoms with E-state index in [-0.39, 0.29) is 24.0 Å². The van der Waals surface area contributed by atoms with Gasteiger partial charge >= 0.3 is 6.03 Å². The second kappa shape index (κ2) is 6.47. The Morgan fingerprint density at radius 2 is 2.24 bits per heavy atom. The zero-order chi connectivity index (χ0) is 14.7. The normalized spacial score (nSPS) is 26.3. The summed E-state index contributed by atoms with van der Waals surface area (Å²) in [7, 11) is 0. The number of rotatable bonds is 2. The van der Waals surface area contributed by atoms with Gasteiger partial charge in [-0.1, -0.05) is 0 Å². The number of carbonyl (C=O) groups is 2. The highest BCUT2D eigenvalue weighted by Crippen LogP contribution is 2.33. The molecule has 2 atom stereocenters. The number of nitrogens with one attached hydrogen (secondary N) is 2. The summed E-state index contributed by atoms with van der Waals surface area (Å²) in [5.74, 6) is -0.0490. The number of thiophene rings is 1. The minimum atomic E-state index is -0.385. The van der Waals surface area contributed by atoms with Crippen molar-refractivity contribution in [1.29, 1.82) is 0 Å². The van der Waals surface area contributed by atoms with Gasteiger partial charge in [-0.3, -0.25) is 4.79 Å². The average Bonchev–Trinajstić information content (AvgIpc) is 3.12. The van der Waals surface area contributed by atoms with Crippen LogP contribution in [0.5, 0.6) is 0 Å². The lowest BCUT2D eigenvalue weighted by Crippen LogP contribution is -2.50. The maximum atomic E-state index is 12.5. The van der Waals surface area contributed by atoms with E-state index in [0.717, 1.165) is 38.6 Å². The third-order valence-electron chi connectivity index (χ3n) is 4.27. The van der Waals surface area contributed by atoms with Crippen molar-refractivity contribution in [3.05, 3.63) is 22.4 Å². The quantitative estimate of drug-likeness (QED) is 0.880. The fraction of sp³-hybridized carbons (Fsp3) is 0.600. The molecule has 2 aliphatic heterocycles. The molecule has 2 saturated heterocycles. The largest absolute Gasteiger partial charge is 0.354 e. The number of amides is 3. The molecule has 114 valence electrons. The van der Waals surface area contributed by atoms with Crippen LogP contribution in [0.1, 0.15) is 43.7 Å². The van der Waals surface area contributed by atoms with Crippen LogP contribution in [0, 0.1) is 0 Å². The van der Waals surface area contributed by atoms with E-state index in [0.29, 0.717) is 6.54 Å². The van der Waals surface area contributed by atoms with Gasteiger partial charge in [0.2, 0.25) is 5.91 Å². The zero-order valence-corrected chi connectivity index (χ0v) is 12.8. The van der Waals surface area contributed by atoms with Gasteiger partial charge in [0.1, 0.15) is 6.04 Å². The average molecular weight is 307 g/mol. The predicted molar refractivity (Wildman–Crippen MR) is 82.2 cm³/mol. The van der Waals surface area contributed by atoms with Crippen molar-refractivity contribution in [3.63, 3.8) is 0 Å². The van der Waals surface area contributed by atoms with Gasteiger partial charge in [0.05, 0.1) is 6.04 Å². The van der Waals surface area contributed by atoms with E-state index in [4.69, 9.17) is 0 Å². The minimum Gasteiger partial charge on any atom is -0.354 e. The van der Waals surface area contributed by atoms with Crippen molar-refractivity contribution in [3.8, 4) is 0 Å². The number of likely N-dealkylation sites (tertiary alicyclic amines) is 1. The molecule has 0 aliphatic carbocycles. The molecule has 2 N–H and O–H groups in total. The van der Waals surface area contributed by atoms with Crippen molar-refractivity contribution in [2.24, 2.45) is 0 Å². The second-order valence-electron chi connectivity index (χ2n) is 5.70. The standard InChI is InChI=1S/C15H21N3O2S/c19-14-12(4-1-2-7-16-14)17-15(20)18-8-3-5-13(18)11-6-9-21-10-11/h6,9-10,12-13H,1-5,7-8H2,(H,16,19)(H,17,20). The van der Waals surface area contributed by atoms with Crippen molar-refractivity contribution in [1.82, 2.24) is 15.5 Å². The van der Waals surface area contributed by atoms with Crippen molar-refractivity contribution >= 4 is 23.3 Å². The number of carbonyl (C=O) groups excluding carboxylic acids is 2. The fourth-order valence-electron chi connectivity index (χ4n) is 3.13. The first-order chi connectivity index (χ1) is 10.3. The Balaban J connectivity index is 1.65. The lowest BCUT2D eigenvalue weighted by molar-refractivity contribution is -0.122. The minimum absolute atomic E-state index is 0.0490. The third-order valence-corrected chi connectivity index (χ3v) is 4.98. The number of hydrogen-bond donors (Lipinski definition) is 2. The predicted octanol–water partition coefficient (Wildman–Crippen LogP) is 2.26. The van der Waals surface area contributed by atoms with E-state index in [1.807, 2.05) is 10.3 Å². The van der Waals surface area contributed by atoms with Gasteiger partial charge in [-0.25, -0.2) is 4.79 Å². The molecule has 0 radical (unpaired) electrons. The highest BCUT2D eigenvalue weighted by molar-refractivity contribution is 7.07. The lowest BCUT2D eigenvalue weighted by Gasteiger charge is -2.26. The van der Waals surface area contributed by atoms with Crippen molar-refractivity contribution in [2.45, 2.75) is 44.2 Å². The maximum Gasteiger partial charge on any atom is 0.318 e. The molecule has 1 aromatic rings. The van der Waals surface area contributed by atoms with Crippen LogP contribution in [0.4, 0.5) is 4.79 Å². The highest BCUT2D eigenvalue weighted by atomic mass is 32.1. The first-order valence-electron chi connectivity index (χ1n) is 7.62. The molecule has 2 aliphatic rings. The molecule has 3 rings (SSSR count). The van der Waals surface area contributed by atoms with Gasteiger partial charge < -0.3 is 15.5 Å². The topological polar surface area (TPSA) is 61.4 Å². The summed E-state index contributed by atoms with van der Waals surface area (Å²) in [6.45, 7) is 1.48. The summed E-state index contributed by atoms with van der Waals surface area (Å²) in [6.07, 6.45) is 4.71. The molecule has 0 bridgehead atoms. The number of nitrogens with zero attached hydrogens (tertiary/aromatic N) is 1. The van der Waals surface area contributed by atoms with E-state index in [1.54, 1.807) is 11.3 Å². The van der Waals surface area contributed by atoms with E-state index in [1.165, 1.54) is 5.56 Å². The molecular formula is C15H21N3O2S. The first kappa shape index (κ1) is 14.4. The molecule has 0 saturated carbocycles. The van der Waals surface area contributed by atoms with E-state index >= 15 is 0 Å². The van der Waals surface area contributed by atoms with Crippen LogP contribution in [-0.2, 0) is 4.79 Å². The second-order valence-corrected chi connectivity index (χ2v) is 6.48. The number of urea groups is 1. The summed E-state index contributed by atoms with van der Waals surface area (Å²) in [5, 5.41) is 9.93. The third kappa shape index (κ3) is 3.20. The van der Waals surface area contributed by atoms with Crippen molar-refractivity contribution < 1.29 is 9.59 Å². The Hall–Kier alpha value is -1.56. The van der Waals surface area contributed by atoms with Crippen LogP contribution in [0.2, 0.25) is 0 Å². The highest BCUT2D eigenvalue weighted by Gasteiger charge is 2.32. The SMILES string of the molecule is O=C1NCCCCC1NC(=O)N1CCCC1c1ccsc1. The molecule has 1 aromatic heterocycles. The van der Waals surface area contributed by atoms with Gasteiger partial charge in [-0.2, -0.15) is 11.3 Å². The van der Waals surface area contributed by atoms with E-state index < -0.39 is 0 Å². The van der Waals surface area contributed by atoms with Gasteiger partial charge in [0.15, 0.2) is 0 Å². The van der Waals surface area contributed by atoms with Crippen LogP contribution in [0.3, 0.4) is 0 Å². The fourth-order valence-corrected chi connectivity index (χ4v) is 3.84. The summed E-state index contributed by atoms with van der Waals surface area (Å²) < 4.78 is 0. The monoisotopic (exact) mass is 307 g/mol. The Morgan fingerprint density at radius 3 is 3.05 bits per heavy atom. The molecule has 6 heteroatoms. The van der Waals surface area contributed by atoms with Gasteiger partial charge in [0.25, 0.3) is 0 Å². The van der Waals surface area contributed by atoms with Gasteiger partial charge in [0, 0.05) is 13.1 Å². The molecular weight excluding hydrogens is 286 g/mol. The maximum absolute atomic E-state index is 12.5. The molecule has 2 unspecified atom stereocenters. The summed E-state index contributed by atoms with van der Waals surface area (Å²) >= 11 is 1.66. The summed E-state index contributed by atoms with van der Waals surface area (Å²) in [6, 6.07) is 1.75. The summed E-state index contributed by atoms with van der Waals surface area (Å²) in [5.41, 5.74) is 1.21. The number of hydrogen-bond acceptors (Lipinski definition) is 3. The Labute approximate surface area is 128 Å². The van der Waals surface area contributed by atoms with E-state index in [2.05, 4.69) is 22.1 Å². The van der Waals surface area contributed by atoms with Gasteiger partial charge in [-0.15, -0.1) is 0 Å². The Morgan fingerprint density at radius 1 is 1.33 bits per heavy atom. The molecule has 3 heterocycles. The van der Waals surface area contributed by atoms with Crippen LogP contribution in [0.25, 0.3) is 0 Å². The zero-order valence-electron chi connectivity index (χ0n) is 12.0. The van der Waals surface area contributed by atoms with E-state index in [9.17, 15) is 9.59 Å². The molecule has 21 heavy (non-hydrogen) atoms. The molecule has 2 fully saturated rings. The lowest BCUT2D eigenvalue weighted by atomic mass is 10.1. The Kier molecular flexibility index (Phi) is 4.43. The smallest absolute Gasteiger partial charge is 0.318 e. The van der Waals surface area contributed by atoms with Crippen LogP contribution in [-0.4, -0.2) is 36.0 Å². The van der Waals surface area contributed by atoms with Crippen LogP contribution in [0.15, 0.2) is 16.8 Å². The molecule has 3 amide bonds. The summed E-state index contributed by atoms with van der Waals surface area (Å²) in [4.78, 5) is 26.3. The first-order valence-corrected chi connectivity index (χ1v) is 8.57. The van der Waals surface area contributed by atoms with Crippen LogP contribution >= 0.6 is 11.3 Å². The Bertz CT molecular complexity index is 503. The van der Waals surface area contributed by atoms with Gasteiger partial charge in [-0.05, 0) is 54.5 Å². The molecule has 5 nitrogen and oxygen atoms in total. The van der Waals surface area contributed by atoms with Crippen LogP contribution < -0.4 is 10.6 Å². The molecule has 0 aromatic carbocycles.